The van der Waals surface area contributed by atoms with Crippen LogP contribution >= 0.6 is 22.6 Å². The van der Waals surface area contributed by atoms with E-state index in [9.17, 15) is 0 Å². The second kappa shape index (κ2) is 5.94. The lowest BCUT2D eigenvalue weighted by Crippen LogP contribution is -2.14. The number of nitrogens with zero attached hydrogens (tertiary/aromatic N) is 2. The van der Waals surface area contributed by atoms with Gasteiger partial charge in [-0.1, -0.05) is 31.4 Å². The molecule has 1 aromatic heterocycles. The van der Waals surface area contributed by atoms with Gasteiger partial charge in [0.05, 0.1) is 5.69 Å². The Hall–Kier alpha value is -1.04. The number of halogens is 1. The summed E-state index contributed by atoms with van der Waals surface area (Å²) < 4.78 is 3.53. The summed E-state index contributed by atoms with van der Waals surface area (Å²) in [5.74, 6) is 0.969. The zero-order chi connectivity index (χ0) is 13.1. The monoisotopic (exact) mass is 367 g/mol. The van der Waals surface area contributed by atoms with Gasteiger partial charge in [-0.15, -0.1) is 0 Å². The minimum absolute atomic E-state index is 0.611. The van der Waals surface area contributed by atoms with Crippen molar-refractivity contribution in [2.45, 2.75) is 38.1 Å². The van der Waals surface area contributed by atoms with E-state index >= 15 is 0 Å². The number of nitrogens with one attached hydrogen (secondary N) is 1. The first-order chi connectivity index (χ1) is 9.34. The molecule has 3 rings (SSSR count). The van der Waals surface area contributed by atoms with E-state index in [1.165, 1.54) is 35.7 Å². The van der Waals surface area contributed by atoms with Crippen LogP contribution in [0.3, 0.4) is 0 Å². The van der Waals surface area contributed by atoms with E-state index in [2.05, 4.69) is 67.9 Å². The summed E-state index contributed by atoms with van der Waals surface area (Å²) in [6, 6.07) is 8.93. The molecule has 1 aromatic carbocycles. The summed E-state index contributed by atoms with van der Waals surface area (Å²) in [5, 5.41) is 3.46. The Kier molecular flexibility index (Phi) is 4.06. The van der Waals surface area contributed by atoms with Gasteiger partial charge in [-0.3, -0.25) is 0 Å². The summed E-state index contributed by atoms with van der Waals surface area (Å²) >= 11 is 2.35. The van der Waals surface area contributed by atoms with E-state index in [0.717, 1.165) is 11.6 Å². The zero-order valence-electron chi connectivity index (χ0n) is 10.8. The van der Waals surface area contributed by atoms with Crippen molar-refractivity contribution in [3.8, 4) is 0 Å². The first-order valence-electron chi connectivity index (χ1n) is 6.89. The minimum Gasteiger partial charge on any atom is -0.325 e. The van der Waals surface area contributed by atoms with Crippen LogP contribution in [0.1, 0.15) is 38.1 Å². The second-order valence-corrected chi connectivity index (χ2v) is 6.22. The van der Waals surface area contributed by atoms with E-state index in [-0.39, 0.29) is 0 Å². The lowest BCUT2D eigenvalue weighted by atomic mass is 9.95. The van der Waals surface area contributed by atoms with Crippen molar-refractivity contribution in [2.24, 2.45) is 0 Å². The SMILES string of the molecule is Ic1ccccc1Nc1nccn1C1CCCCC1. The highest BCUT2D eigenvalue weighted by molar-refractivity contribution is 14.1. The van der Waals surface area contributed by atoms with Crippen LogP contribution in [0.4, 0.5) is 11.6 Å². The fourth-order valence-electron chi connectivity index (χ4n) is 2.75. The average molecular weight is 367 g/mol. The van der Waals surface area contributed by atoms with Crippen molar-refractivity contribution >= 4 is 34.2 Å². The van der Waals surface area contributed by atoms with Crippen molar-refractivity contribution in [1.29, 1.82) is 0 Å². The van der Waals surface area contributed by atoms with Gasteiger partial charge >= 0.3 is 0 Å². The van der Waals surface area contributed by atoms with Gasteiger partial charge < -0.3 is 9.88 Å². The topological polar surface area (TPSA) is 29.9 Å². The highest BCUT2D eigenvalue weighted by Crippen LogP contribution is 2.31. The van der Waals surface area contributed by atoms with Crippen LogP contribution in [0.25, 0.3) is 0 Å². The molecule has 1 fully saturated rings. The van der Waals surface area contributed by atoms with Crippen LogP contribution in [0.5, 0.6) is 0 Å². The molecule has 0 bridgehead atoms. The molecule has 0 radical (unpaired) electrons. The molecule has 0 unspecified atom stereocenters. The van der Waals surface area contributed by atoms with Crippen LogP contribution in [0, 0.1) is 3.57 Å². The fraction of sp³-hybridized carbons (Fsp3) is 0.400. The predicted molar refractivity (Wildman–Crippen MR) is 86.8 cm³/mol. The average Bonchev–Trinajstić information content (AvgIpc) is 2.91. The number of hydrogen-bond donors (Lipinski definition) is 1. The van der Waals surface area contributed by atoms with E-state index in [0.29, 0.717) is 6.04 Å². The van der Waals surface area contributed by atoms with Gasteiger partial charge in [0.25, 0.3) is 0 Å². The Morgan fingerprint density at radius 3 is 2.74 bits per heavy atom. The van der Waals surface area contributed by atoms with Crippen molar-refractivity contribution in [2.75, 3.05) is 5.32 Å². The third-order valence-electron chi connectivity index (χ3n) is 3.76. The van der Waals surface area contributed by atoms with Gasteiger partial charge in [-0.25, -0.2) is 4.98 Å². The maximum absolute atomic E-state index is 4.48. The smallest absolute Gasteiger partial charge is 0.207 e. The minimum atomic E-state index is 0.611. The molecular weight excluding hydrogens is 349 g/mol. The summed E-state index contributed by atoms with van der Waals surface area (Å²) in [7, 11) is 0. The van der Waals surface area contributed by atoms with Crippen molar-refractivity contribution in [1.82, 2.24) is 9.55 Å². The number of imidazole rings is 1. The molecule has 0 amide bonds. The second-order valence-electron chi connectivity index (χ2n) is 5.05. The molecule has 1 saturated carbocycles. The van der Waals surface area contributed by atoms with Crippen molar-refractivity contribution in [3.05, 3.63) is 40.2 Å². The highest BCUT2D eigenvalue weighted by Gasteiger charge is 2.17. The fourth-order valence-corrected chi connectivity index (χ4v) is 3.27. The van der Waals surface area contributed by atoms with Crippen LogP contribution in [0.2, 0.25) is 0 Å². The molecule has 1 aliphatic rings. The first kappa shape index (κ1) is 13.0. The molecule has 1 heterocycles. The highest BCUT2D eigenvalue weighted by atomic mass is 127. The molecule has 3 nitrogen and oxygen atoms in total. The van der Waals surface area contributed by atoms with Gasteiger partial charge in [-0.2, -0.15) is 0 Å². The van der Waals surface area contributed by atoms with E-state index in [1.807, 2.05) is 6.20 Å². The van der Waals surface area contributed by atoms with Crippen LogP contribution in [-0.4, -0.2) is 9.55 Å². The molecular formula is C15H18IN3. The van der Waals surface area contributed by atoms with Gasteiger partial charge in [-0.05, 0) is 47.6 Å². The van der Waals surface area contributed by atoms with Crippen molar-refractivity contribution < 1.29 is 0 Å². The van der Waals surface area contributed by atoms with E-state index in [1.54, 1.807) is 0 Å². The third kappa shape index (κ3) is 2.94. The normalized spacial score (nSPS) is 16.5. The maximum Gasteiger partial charge on any atom is 0.207 e. The summed E-state index contributed by atoms with van der Waals surface area (Å²) in [4.78, 5) is 4.48. The molecule has 2 aromatic rings. The molecule has 0 atom stereocenters. The number of rotatable bonds is 3. The third-order valence-corrected chi connectivity index (χ3v) is 4.70. The molecule has 1 N–H and O–H groups in total. The van der Waals surface area contributed by atoms with E-state index in [4.69, 9.17) is 0 Å². The number of aromatic nitrogens is 2. The van der Waals surface area contributed by atoms with Gasteiger partial charge in [0.1, 0.15) is 0 Å². The predicted octanol–water partition coefficient (Wildman–Crippen LogP) is 4.74. The molecule has 0 saturated heterocycles. The lowest BCUT2D eigenvalue weighted by Gasteiger charge is -2.24. The molecule has 0 spiro atoms. The molecule has 4 heteroatoms. The molecule has 0 aliphatic heterocycles. The molecule has 100 valence electrons. The Labute approximate surface area is 127 Å². The first-order valence-corrected chi connectivity index (χ1v) is 7.97. The lowest BCUT2D eigenvalue weighted by molar-refractivity contribution is 0.356. The maximum atomic E-state index is 4.48. The Morgan fingerprint density at radius 2 is 1.95 bits per heavy atom. The summed E-state index contributed by atoms with van der Waals surface area (Å²) in [6.45, 7) is 0. The number of hydrogen-bond acceptors (Lipinski definition) is 2. The van der Waals surface area contributed by atoms with Crippen LogP contribution < -0.4 is 5.32 Å². The van der Waals surface area contributed by atoms with Gasteiger partial charge in [0, 0.05) is 22.0 Å². The standard InChI is InChI=1S/C15H18IN3/c16-13-8-4-5-9-14(13)18-15-17-10-11-19(15)12-6-2-1-3-7-12/h4-5,8-12H,1-3,6-7H2,(H,17,18). The van der Waals surface area contributed by atoms with Gasteiger partial charge in [0.2, 0.25) is 5.95 Å². The largest absolute Gasteiger partial charge is 0.325 e. The Bertz CT molecular complexity index is 544. The van der Waals surface area contributed by atoms with Crippen LogP contribution in [-0.2, 0) is 0 Å². The van der Waals surface area contributed by atoms with Crippen molar-refractivity contribution in [3.63, 3.8) is 0 Å². The Morgan fingerprint density at radius 1 is 1.16 bits per heavy atom. The number of para-hydroxylation sites is 1. The quantitative estimate of drug-likeness (QED) is 0.795. The number of anilines is 2. The van der Waals surface area contributed by atoms with Crippen LogP contribution in [0.15, 0.2) is 36.7 Å². The zero-order valence-corrected chi connectivity index (χ0v) is 13.0. The summed E-state index contributed by atoms with van der Waals surface area (Å²) in [6.07, 6.45) is 10.6. The van der Waals surface area contributed by atoms with E-state index < -0.39 is 0 Å². The Balaban J connectivity index is 1.82. The number of benzene rings is 1. The molecule has 1 aliphatic carbocycles. The summed E-state index contributed by atoms with van der Waals surface area (Å²) in [5.41, 5.74) is 1.13. The van der Waals surface area contributed by atoms with Gasteiger partial charge in [0.15, 0.2) is 0 Å². The molecule has 19 heavy (non-hydrogen) atoms.